The van der Waals surface area contributed by atoms with Crippen molar-refractivity contribution in [2.24, 2.45) is 5.73 Å². The van der Waals surface area contributed by atoms with Crippen molar-refractivity contribution in [1.82, 2.24) is 5.32 Å². The molecule has 2 aromatic carbocycles. The van der Waals surface area contributed by atoms with Crippen LogP contribution in [0.2, 0.25) is 0 Å². The molecule has 0 radical (unpaired) electrons. The zero-order chi connectivity index (χ0) is 15.2. The summed E-state index contributed by atoms with van der Waals surface area (Å²) in [6.45, 7) is 5.30. The van der Waals surface area contributed by atoms with Gasteiger partial charge in [-0.2, -0.15) is 0 Å². The number of hydrogen-bond acceptors (Lipinski definition) is 2. The van der Waals surface area contributed by atoms with Gasteiger partial charge in [-0.3, -0.25) is 4.79 Å². The molecule has 0 aliphatic heterocycles. The van der Waals surface area contributed by atoms with E-state index in [2.05, 4.69) is 43.4 Å². The number of carbonyl (C=O) groups excluding carboxylic acids is 1. The van der Waals surface area contributed by atoms with Crippen molar-refractivity contribution < 1.29 is 4.79 Å². The number of halogens is 1. The van der Waals surface area contributed by atoms with E-state index in [9.17, 15) is 4.79 Å². The molecule has 3 nitrogen and oxygen atoms in total. The summed E-state index contributed by atoms with van der Waals surface area (Å²) in [5.74, 6) is 0.246. The highest BCUT2D eigenvalue weighted by molar-refractivity contribution is 5.94. The number of aryl methyl sites for hydroxylation is 1. The fraction of sp³-hybridized carbons (Fsp3) is 0.278. The largest absolute Gasteiger partial charge is 0.351 e. The van der Waals surface area contributed by atoms with E-state index in [-0.39, 0.29) is 24.2 Å². The third kappa shape index (κ3) is 4.86. The Morgan fingerprint density at radius 2 is 1.68 bits per heavy atom. The van der Waals surface area contributed by atoms with Gasteiger partial charge < -0.3 is 11.1 Å². The third-order valence-electron chi connectivity index (χ3n) is 3.67. The fourth-order valence-corrected chi connectivity index (χ4v) is 2.15. The van der Waals surface area contributed by atoms with Gasteiger partial charge in [0.1, 0.15) is 0 Å². The van der Waals surface area contributed by atoms with E-state index in [1.54, 1.807) is 0 Å². The van der Waals surface area contributed by atoms with E-state index < -0.39 is 0 Å². The van der Waals surface area contributed by atoms with E-state index in [0.29, 0.717) is 18.7 Å². The number of benzene rings is 2. The number of amides is 1. The minimum Gasteiger partial charge on any atom is -0.351 e. The second kappa shape index (κ2) is 8.57. The van der Waals surface area contributed by atoms with Crippen LogP contribution in [0.3, 0.4) is 0 Å². The highest BCUT2D eigenvalue weighted by Crippen LogP contribution is 2.15. The maximum atomic E-state index is 12.1. The minimum absolute atomic E-state index is 0. The van der Waals surface area contributed by atoms with Crippen LogP contribution in [0.4, 0.5) is 0 Å². The molecular formula is C18H23ClN2O. The molecule has 1 unspecified atom stereocenters. The van der Waals surface area contributed by atoms with E-state index in [1.165, 1.54) is 11.1 Å². The van der Waals surface area contributed by atoms with Crippen LogP contribution in [-0.2, 0) is 6.54 Å². The van der Waals surface area contributed by atoms with Crippen LogP contribution in [-0.4, -0.2) is 12.5 Å². The zero-order valence-electron chi connectivity index (χ0n) is 13.0. The molecule has 0 aliphatic rings. The Morgan fingerprint density at radius 3 is 2.23 bits per heavy atom. The lowest BCUT2D eigenvalue weighted by molar-refractivity contribution is 0.0951. The van der Waals surface area contributed by atoms with Crippen LogP contribution in [0, 0.1) is 6.92 Å². The van der Waals surface area contributed by atoms with Gasteiger partial charge in [-0.05, 0) is 36.1 Å². The summed E-state index contributed by atoms with van der Waals surface area (Å²) in [5, 5.41) is 2.98. The molecule has 0 spiro atoms. The molecule has 4 heteroatoms. The number of hydrogen-bond donors (Lipinski definition) is 2. The number of nitrogens with two attached hydrogens (primary N) is 1. The summed E-state index contributed by atoms with van der Waals surface area (Å²) in [7, 11) is 0. The van der Waals surface area contributed by atoms with Crippen molar-refractivity contribution in [2.75, 3.05) is 6.54 Å². The van der Waals surface area contributed by atoms with Crippen molar-refractivity contribution in [3.8, 4) is 0 Å². The molecule has 1 amide bonds. The summed E-state index contributed by atoms with van der Waals surface area (Å²) in [6, 6.07) is 15.8. The molecule has 0 fully saturated rings. The van der Waals surface area contributed by atoms with Gasteiger partial charge in [0.05, 0.1) is 0 Å². The predicted octanol–water partition coefficient (Wildman–Crippen LogP) is 3.41. The Kier molecular flexibility index (Phi) is 7.09. The van der Waals surface area contributed by atoms with Gasteiger partial charge >= 0.3 is 0 Å². The Morgan fingerprint density at radius 1 is 1.09 bits per heavy atom. The summed E-state index contributed by atoms with van der Waals surface area (Å²) < 4.78 is 0. The van der Waals surface area contributed by atoms with Gasteiger partial charge in [0.15, 0.2) is 0 Å². The van der Waals surface area contributed by atoms with Crippen LogP contribution in [0.15, 0.2) is 48.5 Å². The minimum atomic E-state index is -0.0440. The van der Waals surface area contributed by atoms with Crippen molar-refractivity contribution in [3.63, 3.8) is 0 Å². The smallest absolute Gasteiger partial charge is 0.251 e. The SMILES string of the molecule is Cc1ccc(C(C)CNC(=O)c2ccc(CN)cc2)cc1.Cl. The molecule has 0 aliphatic carbocycles. The molecule has 0 saturated heterocycles. The van der Waals surface area contributed by atoms with Gasteiger partial charge in [-0.15, -0.1) is 12.4 Å². The van der Waals surface area contributed by atoms with Crippen LogP contribution in [0.5, 0.6) is 0 Å². The van der Waals surface area contributed by atoms with Crippen LogP contribution < -0.4 is 11.1 Å². The fourth-order valence-electron chi connectivity index (χ4n) is 2.15. The van der Waals surface area contributed by atoms with E-state index in [1.807, 2.05) is 24.3 Å². The molecule has 0 heterocycles. The standard InChI is InChI=1S/C18H22N2O.ClH/c1-13-3-7-16(8-4-13)14(2)12-20-18(21)17-9-5-15(11-19)6-10-17;/h3-10,14H,11-12,19H2,1-2H3,(H,20,21);1H. The molecule has 0 bridgehead atoms. The van der Waals surface area contributed by atoms with Gasteiger partial charge in [-0.1, -0.05) is 48.9 Å². The number of nitrogens with one attached hydrogen (secondary N) is 1. The summed E-state index contributed by atoms with van der Waals surface area (Å²) in [6.07, 6.45) is 0. The van der Waals surface area contributed by atoms with Crippen molar-refractivity contribution >= 4 is 18.3 Å². The topological polar surface area (TPSA) is 55.1 Å². The zero-order valence-corrected chi connectivity index (χ0v) is 13.8. The number of carbonyl (C=O) groups is 1. The summed E-state index contributed by atoms with van der Waals surface area (Å²) in [5.41, 5.74) is 9.73. The second-order valence-corrected chi connectivity index (χ2v) is 5.42. The lowest BCUT2D eigenvalue weighted by Gasteiger charge is -2.13. The van der Waals surface area contributed by atoms with Crippen molar-refractivity contribution in [1.29, 1.82) is 0 Å². The molecule has 22 heavy (non-hydrogen) atoms. The Bertz CT molecular complexity index is 593. The average molecular weight is 319 g/mol. The normalized spacial score (nSPS) is 11.4. The molecule has 2 aromatic rings. The summed E-state index contributed by atoms with van der Waals surface area (Å²) in [4.78, 5) is 12.1. The van der Waals surface area contributed by atoms with Crippen molar-refractivity contribution in [3.05, 3.63) is 70.8 Å². The van der Waals surface area contributed by atoms with E-state index in [4.69, 9.17) is 5.73 Å². The van der Waals surface area contributed by atoms with E-state index in [0.717, 1.165) is 5.56 Å². The first-order chi connectivity index (χ1) is 10.1. The van der Waals surface area contributed by atoms with Gasteiger partial charge in [0.2, 0.25) is 0 Å². The molecule has 3 N–H and O–H groups in total. The molecule has 0 aromatic heterocycles. The Labute approximate surface area is 138 Å². The van der Waals surface area contributed by atoms with Crippen LogP contribution >= 0.6 is 12.4 Å². The van der Waals surface area contributed by atoms with Gasteiger partial charge in [0, 0.05) is 18.7 Å². The van der Waals surface area contributed by atoms with E-state index >= 15 is 0 Å². The van der Waals surface area contributed by atoms with Crippen LogP contribution in [0.25, 0.3) is 0 Å². The summed E-state index contributed by atoms with van der Waals surface area (Å²) >= 11 is 0. The first-order valence-corrected chi connectivity index (χ1v) is 7.24. The first kappa shape index (κ1) is 18.2. The Balaban J connectivity index is 0.00000242. The highest BCUT2D eigenvalue weighted by atomic mass is 35.5. The molecule has 2 rings (SSSR count). The molecule has 0 saturated carbocycles. The number of rotatable bonds is 5. The quantitative estimate of drug-likeness (QED) is 0.887. The second-order valence-electron chi connectivity index (χ2n) is 5.42. The lowest BCUT2D eigenvalue weighted by Crippen LogP contribution is -2.27. The molecule has 1 atom stereocenters. The molecule has 118 valence electrons. The Hall–Kier alpha value is -1.84. The predicted molar refractivity (Wildman–Crippen MR) is 93.5 cm³/mol. The maximum absolute atomic E-state index is 12.1. The molecular weight excluding hydrogens is 296 g/mol. The van der Waals surface area contributed by atoms with Crippen molar-refractivity contribution in [2.45, 2.75) is 26.3 Å². The first-order valence-electron chi connectivity index (χ1n) is 7.24. The average Bonchev–Trinajstić information content (AvgIpc) is 2.53. The highest BCUT2D eigenvalue weighted by Gasteiger charge is 2.09. The maximum Gasteiger partial charge on any atom is 0.251 e. The monoisotopic (exact) mass is 318 g/mol. The third-order valence-corrected chi connectivity index (χ3v) is 3.67. The van der Waals surface area contributed by atoms with Crippen LogP contribution in [0.1, 0.15) is 39.9 Å². The van der Waals surface area contributed by atoms with Gasteiger partial charge in [-0.25, -0.2) is 0 Å². The van der Waals surface area contributed by atoms with Gasteiger partial charge in [0.25, 0.3) is 5.91 Å². The lowest BCUT2D eigenvalue weighted by atomic mass is 10.00.